The van der Waals surface area contributed by atoms with E-state index in [2.05, 4.69) is 10.1 Å². The number of nitriles is 1. The van der Waals surface area contributed by atoms with Gasteiger partial charge in [0.25, 0.3) is 5.91 Å². The van der Waals surface area contributed by atoms with E-state index in [0.717, 1.165) is 23.1 Å². The molecule has 0 fully saturated rings. The topological polar surface area (TPSA) is 88.4 Å². The maximum absolute atomic E-state index is 12.1. The second kappa shape index (κ2) is 7.94. The van der Waals surface area contributed by atoms with Crippen molar-refractivity contribution < 1.29 is 19.1 Å². The second-order valence-corrected chi connectivity index (χ2v) is 6.74. The molecular weight excluding hydrogens is 336 g/mol. The minimum atomic E-state index is -0.445. The van der Waals surface area contributed by atoms with Gasteiger partial charge >= 0.3 is 5.97 Å². The highest BCUT2D eigenvalue weighted by molar-refractivity contribution is 8.22. The van der Waals surface area contributed by atoms with Crippen molar-refractivity contribution in [3.05, 3.63) is 39.6 Å². The van der Waals surface area contributed by atoms with E-state index in [1.54, 1.807) is 19.2 Å². The van der Waals surface area contributed by atoms with Gasteiger partial charge in [0.1, 0.15) is 22.8 Å². The molecule has 0 saturated carbocycles. The number of nitrogens with zero attached hydrogens (tertiary/aromatic N) is 1. The molecule has 8 heteroatoms. The van der Waals surface area contributed by atoms with Gasteiger partial charge in [-0.25, -0.2) is 0 Å². The lowest BCUT2D eigenvalue weighted by molar-refractivity contribution is -0.137. The Bertz CT molecular complexity index is 680. The van der Waals surface area contributed by atoms with Crippen LogP contribution in [-0.4, -0.2) is 31.8 Å². The molecule has 0 saturated heterocycles. The van der Waals surface area contributed by atoms with Gasteiger partial charge in [0.2, 0.25) is 0 Å². The lowest BCUT2D eigenvalue weighted by Gasteiger charge is -2.25. The maximum atomic E-state index is 12.1. The SMILES string of the molecule is COC(=O)CSC1=C(C#N)C(=O)NC(c2ccc(OC)cc2)S1. The number of benzene rings is 1. The Morgan fingerprint density at radius 1 is 1.39 bits per heavy atom. The van der Waals surface area contributed by atoms with Crippen molar-refractivity contribution in [3.8, 4) is 11.8 Å². The zero-order valence-corrected chi connectivity index (χ0v) is 14.1. The number of carbonyl (C=O) groups is 2. The Kier molecular flexibility index (Phi) is 5.96. The minimum Gasteiger partial charge on any atom is -0.497 e. The van der Waals surface area contributed by atoms with Crippen molar-refractivity contribution in [2.45, 2.75) is 5.37 Å². The van der Waals surface area contributed by atoms with E-state index in [0.29, 0.717) is 4.24 Å². The summed E-state index contributed by atoms with van der Waals surface area (Å²) in [6.07, 6.45) is 0. The van der Waals surface area contributed by atoms with Crippen molar-refractivity contribution >= 4 is 35.4 Å². The van der Waals surface area contributed by atoms with Gasteiger partial charge in [0.15, 0.2) is 0 Å². The van der Waals surface area contributed by atoms with Gasteiger partial charge < -0.3 is 14.8 Å². The molecule has 0 spiro atoms. The molecule has 0 radical (unpaired) electrons. The van der Waals surface area contributed by atoms with Crippen molar-refractivity contribution in [2.24, 2.45) is 0 Å². The number of rotatable bonds is 5. The van der Waals surface area contributed by atoms with E-state index in [-0.39, 0.29) is 16.7 Å². The van der Waals surface area contributed by atoms with E-state index in [4.69, 9.17) is 10.00 Å². The third-order valence-electron chi connectivity index (χ3n) is 3.00. The highest BCUT2D eigenvalue weighted by Crippen LogP contribution is 2.43. The highest BCUT2D eigenvalue weighted by atomic mass is 32.2. The molecule has 2 rings (SSSR count). The van der Waals surface area contributed by atoms with Crippen LogP contribution in [-0.2, 0) is 14.3 Å². The number of ether oxygens (including phenoxy) is 2. The van der Waals surface area contributed by atoms with Crippen molar-refractivity contribution in [1.29, 1.82) is 5.26 Å². The first-order chi connectivity index (χ1) is 11.1. The molecule has 1 aromatic carbocycles. The van der Waals surface area contributed by atoms with Crippen molar-refractivity contribution in [3.63, 3.8) is 0 Å². The molecule has 1 aliphatic heterocycles. The Morgan fingerprint density at radius 3 is 2.65 bits per heavy atom. The molecular formula is C15H14N2O4S2. The fourth-order valence-corrected chi connectivity index (χ4v) is 4.11. The van der Waals surface area contributed by atoms with Gasteiger partial charge in [-0.15, -0.1) is 11.8 Å². The smallest absolute Gasteiger partial charge is 0.316 e. The van der Waals surface area contributed by atoms with Gasteiger partial charge in [-0.2, -0.15) is 5.26 Å². The Labute approximate surface area is 142 Å². The Morgan fingerprint density at radius 2 is 2.09 bits per heavy atom. The molecule has 1 aromatic rings. The normalized spacial score (nSPS) is 17.3. The van der Waals surface area contributed by atoms with E-state index < -0.39 is 11.9 Å². The average Bonchev–Trinajstić information content (AvgIpc) is 2.59. The van der Waals surface area contributed by atoms with Crippen LogP contribution in [0.1, 0.15) is 10.9 Å². The number of thioether (sulfide) groups is 2. The predicted octanol–water partition coefficient (Wildman–Crippen LogP) is 2.20. The molecule has 6 nitrogen and oxygen atoms in total. The fourth-order valence-electron chi connectivity index (χ4n) is 1.80. The minimum absolute atomic E-state index is 0.0219. The lowest BCUT2D eigenvalue weighted by atomic mass is 10.2. The molecule has 1 atom stereocenters. The van der Waals surface area contributed by atoms with Crippen LogP contribution >= 0.6 is 23.5 Å². The molecule has 1 unspecified atom stereocenters. The first-order valence-corrected chi connectivity index (χ1v) is 8.41. The van der Waals surface area contributed by atoms with Gasteiger partial charge in [0.05, 0.1) is 24.2 Å². The average molecular weight is 350 g/mol. The molecule has 23 heavy (non-hydrogen) atoms. The standard InChI is InChI=1S/C15H14N2O4S2/c1-20-10-5-3-9(4-6-10)14-17-13(19)11(7-16)15(23-14)22-8-12(18)21-2/h3-6,14H,8H2,1-2H3,(H,17,19). The highest BCUT2D eigenvalue weighted by Gasteiger charge is 2.29. The van der Waals surface area contributed by atoms with Crippen LogP contribution in [0.25, 0.3) is 0 Å². The largest absolute Gasteiger partial charge is 0.497 e. The Hall–Kier alpha value is -2.11. The predicted molar refractivity (Wildman–Crippen MR) is 88.6 cm³/mol. The van der Waals surface area contributed by atoms with Crippen molar-refractivity contribution in [2.75, 3.05) is 20.0 Å². The summed E-state index contributed by atoms with van der Waals surface area (Å²) in [4.78, 5) is 23.4. The summed E-state index contributed by atoms with van der Waals surface area (Å²) in [6, 6.07) is 9.17. The maximum Gasteiger partial charge on any atom is 0.316 e. The monoisotopic (exact) mass is 350 g/mol. The van der Waals surface area contributed by atoms with Crippen LogP contribution in [0.15, 0.2) is 34.1 Å². The van der Waals surface area contributed by atoms with Crippen LogP contribution in [0.5, 0.6) is 5.75 Å². The molecule has 0 bridgehead atoms. The molecule has 1 aliphatic rings. The molecule has 0 aliphatic carbocycles. The first kappa shape index (κ1) is 17.2. The number of amides is 1. The van der Waals surface area contributed by atoms with Gasteiger partial charge in [-0.3, -0.25) is 9.59 Å². The van der Waals surface area contributed by atoms with Gasteiger partial charge in [0, 0.05) is 0 Å². The summed E-state index contributed by atoms with van der Waals surface area (Å²) in [5.74, 6) is -0.0895. The number of hydrogen-bond donors (Lipinski definition) is 1. The van der Waals surface area contributed by atoms with Crippen LogP contribution < -0.4 is 10.1 Å². The summed E-state index contributed by atoms with van der Waals surface area (Å²) in [5.41, 5.74) is 0.894. The zero-order chi connectivity index (χ0) is 16.8. The van der Waals surface area contributed by atoms with Crippen LogP contribution in [0.4, 0.5) is 0 Å². The van der Waals surface area contributed by atoms with E-state index in [1.165, 1.54) is 18.9 Å². The molecule has 120 valence electrons. The van der Waals surface area contributed by atoms with Crippen LogP contribution in [0, 0.1) is 11.3 Å². The Balaban J connectivity index is 2.20. The summed E-state index contributed by atoms with van der Waals surface area (Å²) in [7, 11) is 2.87. The van der Waals surface area contributed by atoms with E-state index >= 15 is 0 Å². The molecule has 1 heterocycles. The van der Waals surface area contributed by atoms with Gasteiger partial charge in [-0.05, 0) is 17.7 Å². The zero-order valence-electron chi connectivity index (χ0n) is 12.5. The summed E-state index contributed by atoms with van der Waals surface area (Å²) < 4.78 is 10.2. The molecule has 1 N–H and O–H groups in total. The summed E-state index contributed by atoms with van der Waals surface area (Å²) in [6.45, 7) is 0. The van der Waals surface area contributed by atoms with Gasteiger partial charge in [-0.1, -0.05) is 23.9 Å². The third kappa shape index (κ3) is 4.21. The van der Waals surface area contributed by atoms with E-state index in [9.17, 15) is 9.59 Å². The first-order valence-electron chi connectivity index (χ1n) is 6.54. The van der Waals surface area contributed by atoms with E-state index in [1.807, 2.05) is 18.2 Å². The quantitative estimate of drug-likeness (QED) is 0.814. The number of carbonyl (C=O) groups excluding carboxylic acids is 2. The molecule has 1 amide bonds. The molecule has 0 aromatic heterocycles. The number of methoxy groups -OCH3 is 2. The fraction of sp³-hybridized carbons (Fsp3) is 0.267. The van der Waals surface area contributed by atoms with Crippen LogP contribution in [0.3, 0.4) is 0 Å². The number of nitrogens with one attached hydrogen (secondary N) is 1. The number of hydrogen-bond acceptors (Lipinski definition) is 7. The summed E-state index contributed by atoms with van der Waals surface area (Å²) in [5, 5.41) is 11.6. The van der Waals surface area contributed by atoms with Crippen LogP contribution in [0.2, 0.25) is 0 Å². The lowest BCUT2D eigenvalue weighted by Crippen LogP contribution is -2.31. The third-order valence-corrected chi connectivity index (χ3v) is 5.53. The number of esters is 1. The summed E-state index contributed by atoms with van der Waals surface area (Å²) >= 11 is 2.46. The second-order valence-electron chi connectivity index (χ2n) is 4.38. The van der Waals surface area contributed by atoms with Crippen molar-refractivity contribution in [1.82, 2.24) is 5.32 Å².